The number of aryl methyl sites for hydroxylation is 1. The topological polar surface area (TPSA) is 74.2 Å². The largest absolute Gasteiger partial charge is 0.364 e. The standard InChI is InChI=1S/C15H19N3O2/c1-10-3-2-4-11(7-10)8-14-17-15(20-18-14)13-6-5-12(9-16)19-13/h2-4,7,12-13H,5-6,8-9,16H2,1H3. The molecule has 0 saturated carbocycles. The maximum absolute atomic E-state index is 5.76. The molecule has 1 aliphatic heterocycles. The van der Waals surface area contributed by atoms with Gasteiger partial charge in [-0.15, -0.1) is 0 Å². The van der Waals surface area contributed by atoms with Crippen LogP contribution in [0.1, 0.15) is 41.8 Å². The molecule has 1 aliphatic rings. The molecular weight excluding hydrogens is 254 g/mol. The van der Waals surface area contributed by atoms with Crippen molar-refractivity contribution in [3.63, 3.8) is 0 Å². The Morgan fingerprint density at radius 3 is 3.00 bits per heavy atom. The van der Waals surface area contributed by atoms with E-state index in [9.17, 15) is 0 Å². The Morgan fingerprint density at radius 2 is 2.25 bits per heavy atom. The van der Waals surface area contributed by atoms with E-state index in [0.717, 1.165) is 12.8 Å². The number of hydrogen-bond acceptors (Lipinski definition) is 5. The Bertz CT molecular complexity index is 582. The Morgan fingerprint density at radius 1 is 1.35 bits per heavy atom. The zero-order valence-electron chi connectivity index (χ0n) is 11.6. The maximum Gasteiger partial charge on any atom is 0.255 e. The van der Waals surface area contributed by atoms with Crippen molar-refractivity contribution >= 4 is 0 Å². The third kappa shape index (κ3) is 2.89. The van der Waals surface area contributed by atoms with E-state index in [-0.39, 0.29) is 12.2 Å². The first-order valence-corrected chi connectivity index (χ1v) is 6.98. The van der Waals surface area contributed by atoms with Crippen LogP contribution >= 0.6 is 0 Å². The molecule has 5 nitrogen and oxygen atoms in total. The first-order chi connectivity index (χ1) is 9.74. The van der Waals surface area contributed by atoms with Crippen molar-refractivity contribution in [3.8, 4) is 0 Å². The molecule has 2 N–H and O–H groups in total. The lowest BCUT2D eigenvalue weighted by atomic mass is 10.1. The van der Waals surface area contributed by atoms with E-state index >= 15 is 0 Å². The van der Waals surface area contributed by atoms with Crippen molar-refractivity contribution in [1.82, 2.24) is 10.1 Å². The van der Waals surface area contributed by atoms with Gasteiger partial charge in [0, 0.05) is 13.0 Å². The van der Waals surface area contributed by atoms with Gasteiger partial charge in [0.25, 0.3) is 5.89 Å². The third-order valence-corrected chi connectivity index (χ3v) is 3.57. The fourth-order valence-electron chi connectivity index (χ4n) is 2.54. The lowest BCUT2D eigenvalue weighted by molar-refractivity contribution is 0.0307. The molecule has 2 unspecified atom stereocenters. The minimum atomic E-state index is -0.0951. The molecule has 1 aromatic carbocycles. The van der Waals surface area contributed by atoms with E-state index in [1.54, 1.807) is 0 Å². The van der Waals surface area contributed by atoms with Crippen LogP contribution in [0.15, 0.2) is 28.8 Å². The summed E-state index contributed by atoms with van der Waals surface area (Å²) in [6.07, 6.45) is 2.55. The molecule has 0 aliphatic carbocycles. The molecule has 0 amide bonds. The predicted octanol–water partition coefficient (Wildman–Crippen LogP) is 2.15. The van der Waals surface area contributed by atoms with Crippen molar-refractivity contribution in [2.24, 2.45) is 5.73 Å². The number of nitrogens with zero attached hydrogens (tertiary/aromatic N) is 2. The van der Waals surface area contributed by atoms with Crippen LogP contribution in [0.2, 0.25) is 0 Å². The van der Waals surface area contributed by atoms with Crippen LogP contribution in [0.3, 0.4) is 0 Å². The average Bonchev–Trinajstić information content (AvgIpc) is 3.07. The highest BCUT2D eigenvalue weighted by Crippen LogP contribution is 2.31. The van der Waals surface area contributed by atoms with Crippen molar-refractivity contribution in [2.75, 3.05) is 6.54 Å². The summed E-state index contributed by atoms with van der Waals surface area (Å²) in [7, 11) is 0. The van der Waals surface area contributed by atoms with Gasteiger partial charge in [0.1, 0.15) is 6.10 Å². The predicted molar refractivity (Wildman–Crippen MR) is 74.2 cm³/mol. The molecule has 106 valence electrons. The number of benzene rings is 1. The van der Waals surface area contributed by atoms with Crippen molar-refractivity contribution in [3.05, 3.63) is 47.1 Å². The average molecular weight is 273 g/mol. The van der Waals surface area contributed by atoms with Crippen LogP contribution in [0, 0.1) is 6.92 Å². The molecule has 0 spiro atoms. The molecule has 1 saturated heterocycles. The number of nitrogens with two attached hydrogens (primary N) is 1. The summed E-state index contributed by atoms with van der Waals surface area (Å²) in [6.45, 7) is 2.62. The van der Waals surface area contributed by atoms with Crippen LogP contribution in [0.4, 0.5) is 0 Å². The van der Waals surface area contributed by atoms with Crippen LogP contribution in [-0.4, -0.2) is 22.8 Å². The summed E-state index contributed by atoms with van der Waals surface area (Å²) in [5.41, 5.74) is 8.02. The van der Waals surface area contributed by atoms with Gasteiger partial charge >= 0.3 is 0 Å². The zero-order valence-corrected chi connectivity index (χ0v) is 11.6. The van der Waals surface area contributed by atoms with Gasteiger partial charge in [0.05, 0.1) is 6.10 Å². The van der Waals surface area contributed by atoms with E-state index in [2.05, 4.69) is 35.3 Å². The molecule has 5 heteroatoms. The van der Waals surface area contributed by atoms with Gasteiger partial charge in [-0.3, -0.25) is 0 Å². The van der Waals surface area contributed by atoms with Crippen molar-refractivity contribution < 1.29 is 9.26 Å². The zero-order chi connectivity index (χ0) is 13.9. The Hall–Kier alpha value is -1.72. The van der Waals surface area contributed by atoms with Gasteiger partial charge in [-0.2, -0.15) is 4.98 Å². The highest BCUT2D eigenvalue weighted by atomic mass is 16.5. The number of rotatable bonds is 4. The highest BCUT2D eigenvalue weighted by molar-refractivity contribution is 5.24. The monoisotopic (exact) mass is 273 g/mol. The molecule has 1 aromatic heterocycles. The molecule has 20 heavy (non-hydrogen) atoms. The minimum Gasteiger partial charge on any atom is -0.364 e. The van der Waals surface area contributed by atoms with Gasteiger partial charge in [0.2, 0.25) is 0 Å². The Kier molecular flexibility index (Phi) is 3.80. The first-order valence-electron chi connectivity index (χ1n) is 6.98. The maximum atomic E-state index is 5.76. The normalized spacial score (nSPS) is 22.3. The van der Waals surface area contributed by atoms with E-state index in [0.29, 0.717) is 24.7 Å². The van der Waals surface area contributed by atoms with Crippen LogP contribution in [-0.2, 0) is 11.2 Å². The molecule has 3 rings (SSSR count). The Balaban J connectivity index is 1.68. The fourth-order valence-corrected chi connectivity index (χ4v) is 2.54. The van der Waals surface area contributed by atoms with Gasteiger partial charge < -0.3 is 15.0 Å². The lowest BCUT2D eigenvalue weighted by Crippen LogP contribution is -2.18. The SMILES string of the molecule is Cc1cccc(Cc2noc(C3CCC(CN)O3)n2)c1. The van der Waals surface area contributed by atoms with Crippen LogP contribution in [0.25, 0.3) is 0 Å². The van der Waals surface area contributed by atoms with Crippen molar-refractivity contribution in [2.45, 2.75) is 38.4 Å². The smallest absolute Gasteiger partial charge is 0.255 e. The van der Waals surface area contributed by atoms with Crippen LogP contribution < -0.4 is 5.73 Å². The summed E-state index contributed by atoms with van der Waals surface area (Å²) in [6, 6.07) is 8.31. The molecular formula is C15H19N3O2. The van der Waals surface area contributed by atoms with Gasteiger partial charge in [-0.25, -0.2) is 0 Å². The quantitative estimate of drug-likeness (QED) is 0.923. The number of hydrogen-bond donors (Lipinski definition) is 1. The van der Waals surface area contributed by atoms with Crippen LogP contribution in [0.5, 0.6) is 0 Å². The second-order valence-corrected chi connectivity index (χ2v) is 5.27. The second kappa shape index (κ2) is 5.73. The van der Waals surface area contributed by atoms with E-state index in [4.69, 9.17) is 15.0 Å². The van der Waals surface area contributed by atoms with E-state index in [1.807, 2.05) is 6.07 Å². The molecule has 2 heterocycles. The van der Waals surface area contributed by atoms with Gasteiger partial charge in [0.15, 0.2) is 5.82 Å². The Labute approximate surface area is 118 Å². The summed E-state index contributed by atoms with van der Waals surface area (Å²) in [4.78, 5) is 4.44. The molecule has 0 bridgehead atoms. The van der Waals surface area contributed by atoms with E-state index in [1.165, 1.54) is 11.1 Å². The summed E-state index contributed by atoms with van der Waals surface area (Å²) >= 11 is 0. The number of ether oxygens (including phenoxy) is 1. The summed E-state index contributed by atoms with van der Waals surface area (Å²) < 4.78 is 11.1. The molecule has 2 atom stereocenters. The minimum absolute atomic E-state index is 0.0951. The fraction of sp³-hybridized carbons (Fsp3) is 0.467. The first kappa shape index (κ1) is 13.3. The summed E-state index contributed by atoms with van der Waals surface area (Å²) in [5, 5.41) is 4.04. The van der Waals surface area contributed by atoms with Crippen molar-refractivity contribution in [1.29, 1.82) is 0 Å². The second-order valence-electron chi connectivity index (χ2n) is 5.27. The lowest BCUT2D eigenvalue weighted by Gasteiger charge is -2.07. The number of aromatic nitrogens is 2. The third-order valence-electron chi connectivity index (χ3n) is 3.57. The highest BCUT2D eigenvalue weighted by Gasteiger charge is 2.29. The molecule has 0 radical (unpaired) electrons. The van der Waals surface area contributed by atoms with Gasteiger partial charge in [-0.05, 0) is 25.3 Å². The van der Waals surface area contributed by atoms with E-state index < -0.39 is 0 Å². The van der Waals surface area contributed by atoms with Gasteiger partial charge in [-0.1, -0.05) is 35.0 Å². The summed E-state index contributed by atoms with van der Waals surface area (Å²) in [5.74, 6) is 1.27. The molecule has 2 aromatic rings. The molecule has 1 fully saturated rings.